The van der Waals surface area contributed by atoms with Gasteiger partial charge in [-0.2, -0.15) is 0 Å². The van der Waals surface area contributed by atoms with Gasteiger partial charge in [-0.25, -0.2) is 4.79 Å². The van der Waals surface area contributed by atoms with Crippen LogP contribution in [0.15, 0.2) is 30.3 Å². The first-order valence-electron chi connectivity index (χ1n) is 7.66. The minimum absolute atomic E-state index is 0.00979. The summed E-state index contributed by atoms with van der Waals surface area (Å²) in [7, 11) is 1.47. The van der Waals surface area contributed by atoms with Crippen LogP contribution >= 0.6 is 23.2 Å². The van der Waals surface area contributed by atoms with Gasteiger partial charge in [-0.1, -0.05) is 41.4 Å². The Morgan fingerprint density at radius 2 is 2.04 bits per heavy atom. The van der Waals surface area contributed by atoms with Gasteiger partial charge >= 0.3 is 5.97 Å². The molecule has 3 rings (SSSR count). The lowest BCUT2D eigenvalue weighted by atomic mass is 10.00. The van der Waals surface area contributed by atoms with E-state index in [0.717, 1.165) is 6.42 Å². The van der Waals surface area contributed by atoms with Crippen LogP contribution in [0.3, 0.4) is 0 Å². The molecule has 1 saturated heterocycles. The van der Waals surface area contributed by atoms with E-state index in [4.69, 9.17) is 37.4 Å². The molecule has 0 bridgehead atoms. The van der Waals surface area contributed by atoms with Crippen molar-refractivity contribution in [2.75, 3.05) is 20.3 Å². The summed E-state index contributed by atoms with van der Waals surface area (Å²) in [6.07, 6.45) is 0.734. The van der Waals surface area contributed by atoms with Crippen LogP contribution in [0.25, 0.3) is 11.1 Å². The van der Waals surface area contributed by atoms with Gasteiger partial charge in [-0.15, -0.1) is 0 Å². The molecule has 0 saturated carbocycles. The fourth-order valence-electron chi connectivity index (χ4n) is 2.77. The molecular weight excluding hydrogens is 367 g/mol. The summed E-state index contributed by atoms with van der Waals surface area (Å²) in [6.45, 7) is 1.17. The normalized spacial score (nSPS) is 16.7. The van der Waals surface area contributed by atoms with Crippen LogP contribution in [0.2, 0.25) is 10.0 Å². The zero-order valence-corrected chi connectivity index (χ0v) is 14.9. The Morgan fingerprint density at radius 3 is 2.68 bits per heavy atom. The number of rotatable bonds is 5. The lowest BCUT2D eigenvalue weighted by Gasteiger charge is -2.19. The maximum Gasteiger partial charge on any atom is 0.338 e. The number of carboxylic acid groups (broad SMARTS) is 1. The molecular formula is C18H16Cl2O5. The van der Waals surface area contributed by atoms with Crippen molar-refractivity contribution in [3.05, 3.63) is 45.9 Å². The van der Waals surface area contributed by atoms with Crippen LogP contribution in [-0.4, -0.2) is 37.5 Å². The number of methoxy groups -OCH3 is 1. The Balaban J connectivity index is 2.15. The van der Waals surface area contributed by atoms with Crippen LogP contribution in [0.1, 0.15) is 16.8 Å². The van der Waals surface area contributed by atoms with E-state index in [0.29, 0.717) is 35.8 Å². The number of para-hydroxylation sites is 1. The van der Waals surface area contributed by atoms with Crippen molar-refractivity contribution in [2.45, 2.75) is 12.5 Å². The summed E-state index contributed by atoms with van der Waals surface area (Å²) in [5, 5.41) is 9.45. The Kier molecular flexibility index (Phi) is 5.37. The van der Waals surface area contributed by atoms with Crippen LogP contribution in [0, 0.1) is 0 Å². The molecule has 0 radical (unpaired) electrons. The van der Waals surface area contributed by atoms with Gasteiger partial charge < -0.3 is 19.3 Å². The summed E-state index contributed by atoms with van der Waals surface area (Å²) in [5.74, 6) is -0.253. The van der Waals surface area contributed by atoms with Crippen molar-refractivity contribution in [3.63, 3.8) is 0 Å². The molecule has 1 fully saturated rings. The highest BCUT2D eigenvalue weighted by Gasteiger charge is 2.25. The summed E-state index contributed by atoms with van der Waals surface area (Å²) < 4.78 is 16.7. The number of aromatic carboxylic acids is 1. The van der Waals surface area contributed by atoms with E-state index in [1.807, 2.05) is 12.1 Å². The van der Waals surface area contributed by atoms with Gasteiger partial charge in [0.2, 0.25) is 0 Å². The molecule has 1 atom stereocenters. The van der Waals surface area contributed by atoms with E-state index in [9.17, 15) is 9.90 Å². The van der Waals surface area contributed by atoms with E-state index in [1.54, 1.807) is 12.1 Å². The predicted molar refractivity (Wildman–Crippen MR) is 95.3 cm³/mol. The van der Waals surface area contributed by atoms with E-state index in [2.05, 4.69) is 0 Å². The molecule has 2 aromatic carbocycles. The third-order valence-corrected chi connectivity index (χ3v) is 4.63. The first-order chi connectivity index (χ1) is 12.0. The van der Waals surface area contributed by atoms with Crippen LogP contribution in [0.5, 0.6) is 11.5 Å². The number of hydrogen-bond donors (Lipinski definition) is 1. The lowest BCUT2D eigenvalue weighted by molar-refractivity contribution is 0.0697. The highest BCUT2D eigenvalue weighted by Crippen LogP contribution is 2.45. The van der Waals surface area contributed by atoms with Gasteiger partial charge in [-0.05, 0) is 6.07 Å². The van der Waals surface area contributed by atoms with Crippen molar-refractivity contribution in [2.24, 2.45) is 0 Å². The fraction of sp³-hybridized carbons (Fsp3) is 0.278. The zero-order chi connectivity index (χ0) is 18.0. The number of carboxylic acids is 1. The van der Waals surface area contributed by atoms with Gasteiger partial charge in [0.25, 0.3) is 0 Å². The summed E-state index contributed by atoms with van der Waals surface area (Å²) in [6, 6.07) is 8.70. The van der Waals surface area contributed by atoms with E-state index < -0.39 is 5.97 Å². The minimum Gasteiger partial charge on any atom is -0.496 e. The van der Waals surface area contributed by atoms with Crippen molar-refractivity contribution < 1.29 is 24.1 Å². The topological polar surface area (TPSA) is 65.0 Å². The van der Waals surface area contributed by atoms with Gasteiger partial charge in [0.15, 0.2) is 0 Å². The van der Waals surface area contributed by atoms with Gasteiger partial charge in [0, 0.05) is 23.6 Å². The molecule has 1 N–H and O–H groups in total. The first kappa shape index (κ1) is 17.9. The molecule has 1 aliphatic heterocycles. The van der Waals surface area contributed by atoms with Crippen LogP contribution in [-0.2, 0) is 4.74 Å². The maximum atomic E-state index is 11.5. The zero-order valence-electron chi connectivity index (χ0n) is 13.4. The van der Waals surface area contributed by atoms with Crippen molar-refractivity contribution in [3.8, 4) is 22.6 Å². The molecule has 0 amide bonds. The third-order valence-electron chi connectivity index (χ3n) is 3.95. The van der Waals surface area contributed by atoms with Crippen molar-refractivity contribution in [1.29, 1.82) is 0 Å². The fourth-order valence-corrected chi connectivity index (χ4v) is 3.47. The number of halogens is 2. The summed E-state index contributed by atoms with van der Waals surface area (Å²) in [5.41, 5.74) is 0.897. The molecule has 1 heterocycles. The molecule has 7 heteroatoms. The maximum absolute atomic E-state index is 11.5. The Labute approximate surface area is 155 Å². The van der Waals surface area contributed by atoms with Gasteiger partial charge in [-0.3, -0.25) is 0 Å². The van der Waals surface area contributed by atoms with Crippen molar-refractivity contribution >= 4 is 29.2 Å². The molecule has 0 aromatic heterocycles. The molecule has 0 aliphatic carbocycles. The smallest absolute Gasteiger partial charge is 0.338 e. The molecule has 0 spiro atoms. The first-order valence-corrected chi connectivity index (χ1v) is 8.41. The molecule has 132 valence electrons. The van der Waals surface area contributed by atoms with Crippen LogP contribution in [0.4, 0.5) is 0 Å². The number of hydrogen-bond acceptors (Lipinski definition) is 4. The second-order valence-corrected chi connectivity index (χ2v) is 6.31. The lowest BCUT2D eigenvalue weighted by Crippen LogP contribution is -2.16. The monoisotopic (exact) mass is 382 g/mol. The molecule has 1 aliphatic rings. The molecule has 1 unspecified atom stereocenters. The van der Waals surface area contributed by atoms with E-state index >= 15 is 0 Å². The van der Waals surface area contributed by atoms with Gasteiger partial charge in [0.1, 0.15) is 17.6 Å². The molecule has 2 aromatic rings. The third kappa shape index (κ3) is 3.54. The highest BCUT2D eigenvalue weighted by molar-refractivity contribution is 6.41. The Morgan fingerprint density at radius 1 is 1.28 bits per heavy atom. The van der Waals surface area contributed by atoms with E-state index in [1.165, 1.54) is 13.2 Å². The standard InChI is InChI=1S/C18H16Cl2O5/c1-23-14-8-12(19)16(18(21)22)17(20)15(14)11-4-2-3-5-13(11)25-10-6-7-24-9-10/h2-5,8,10H,6-7,9H2,1H3,(H,21,22). The Bertz CT molecular complexity index is 800. The number of benzene rings is 2. The second-order valence-electron chi connectivity index (χ2n) is 5.53. The second kappa shape index (κ2) is 7.52. The molecule has 5 nitrogen and oxygen atoms in total. The minimum atomic E-state index is -1.21. The highest BCUT2D eigenvalue weighted by atomic mass is 35.5. The van der Waals surface area contributed by atoms with Crippen molar-refractivity contribution in [1.82, 2.24) is 0 Å². The SMILES string of the molecule is COc1cc(Cl)c(C(=O)O)c(Cl)c1-c1ccccc1OC1CCOC1. The van der Waals surface area contributed by atoms with Gasteiger partial charge in [0.05, 0.1) is 35.9 Å². The average Bonchev–Trinajstić information content (AvgIpc) is 3.08. The summed E-state index contributed by atoms with van der Waals surface area (Å²) >= 11 is 12.4. The number of ether oxygens (including phenoxy) is 3. The number of carbonyl (C=O) groups is 1. The summed E-state index contributed by atoms with van der Waals surface area (Å²) in [4.78, 5) is 11.5. The van der Waals surface area contributed by atoms with Crippen LogP contribution < -0.4 is 9.47 Å². The molecule has 25 heavy (non-hydrogen) atoms. The predicted octanol–water partition coefficient (Wildman–Crippen LogP) is 4.53. The van der Waals surface area contributed by atoms with E-state index in [-0.39, 0.29) is 21.7 Å². The Hall–Kier alpha value is -1.95. The average molecular weight is 383 g/mol. The quantitative estimate of drug-likeness (QED) is 0.822. The largest absolute Gasteiger partial charge is 0.496 e.